The SMILES string of the molecule is C=C(NCC(C)CN1CCc2ccccc2C1)c1cc(NC2CCN(C)C2)ncc1C. The Labute approximate surface area is 187 Å². The first-order chi connectivity index (χ1) is 15.0. The van der Waals surface area contributed by atoms with Crippen LogP contribution in [0.25, 0.3) is 5.70 Å². The lowest BCUT2D eigenvalue weighted by atomic mass is 9.99. The molecule has 1 aromatic carbocycles. The number of hydrogen-bond acceptors (Lipinski definition) is 5. The van der Waals surface area contributed by atoms with Gasteiger partial charge in [0.1, 0.15) is 5.82 Å². The molecule has 1 aromatic heterocycles. The van der Waals surface area contributed by atoms with Crippen LogP contribution in [-0.4, -0.2) is 60.6 Å². The Hall–Kier alpha value is -2.37. The molecule has 2 N–H and O–H groups in total. The van der Waals surface area contributed by atoms with Crippen molar-refractivity contribution in [2.75, 3.05) is 45.1 Å². The number of likely N-dealkylation sites (N-methyl/N-ethyl adjacent to an activating group) is 1. The van der Waals surface area contributed by atoms with E-state index in [9.17, 15) is 0 Å². The van der Waals surface area contributed by atoms with Crippen LogP contribution in [-0.2, 0) is 13.0 Å². The fraction of sp³-hybridized carbons (Fsp3) is 0.500. The third-order valence-corrected chi connectivity index (χ3v) is 6.62. The second-order valence-electron chi connectivity index (χ2n) is 9.50. The van der Waals surface area contributed by atoms with E-state index in [1.54, 1.807) is 0 Å². The molecule has 166 valence electrons. The number of fused-ring (bicyclic) bond motifs is 1. The average molecular weight is 420 g/mol. The van der Waals surface area contributed by atoms with Crippen LogP contribution in [0, 0.1) is 12.8 Å². The quantitative estimate of drug-likeness (QED) is 0.682. The summed E-state index contributed by atoms with van der Waals surface area (Å²) in [7, 11) is 2.17. The largest absolute Gasteiger partial charge is 0.385 e. The standard InChI is InChI=1S/C26H37N5/c1-19(16-31-12-9-22-7-5-6-8-23(22)17-31)14-27-21(3)25-13-26(28-15-20(25)2)29-24-10-11-30(4)18-24/h5-8,13,15,19,24,27H,3,9-12,14,16-18H2,1-2,4H3,(H,28,29). The summed E-state index contributed by atoms with van der Waals surface area (Å²) >= 11 is 0. The minimum Gasteiger partial charge on any atom is -0.385 e. The molecule has 0 spiro atoms. The van der Waals surface area contributed by atoms with Crippen molar-refractivity contribution in [2.45, 2.75) is 39.3 Å². The highest BCUT2D eigenvalue weighted by Crippen LogP contribution is 2.22. The third kappa shape index (κ3) is 5.66. The van der Waals surface area contributed by atoms with Crippen molar-refractivity contribution in [3.05, 3.63) is 65.4 Å². The molecule has 1 saturated heterocycles. The number of benzene rings is 1. The van der Waals surface area contributed by atoms with E-state index in [4.69, 9.17) is 0 Å². The van der Waals surface area contributed by atoms with E-state index in [1.807, 2.05) is 6.20 Å². The molecule has 2 aromatic rings. The normalized spacial score (nSPS) is 20.3. The van der Waals surface area contributed by atoms with Gasteiger partial charge in [0.05, 0.1) is 0 Å². The number of aromatic nitrogens is 1. The Bertz CT molecular complexity index is 908. The van der Waals surface area contributed by atoms with Crippen molar-refractivity contribution in [1.29, 1.82) is 0 Å². The maximum atomic E-state index is 4.60. The van der Waals surface area contributed by atoms with E-state index in [-0.39, 0.29) is 0 Å². The molecular formula is C26H37N5. The van der Waals surface area contributed by atoms with Gasteiger partial charge in [0.25, 0.3) is 0 Å². The number of pyridine rings is 1. The molecule has 2 aliphatic heterocycles. The molecule has 2 aliphatic rings. The average Bonchev–Trinajstić information content (AvgIpc) is 3.18. The van der Waals surface area contributed by atoms with Gasteiger partial charge < -0.3 is 15.5 Å². The van der Waals surface area contributed by atoms with Gasteiger partial charge in [0, 0.05) is 56.2 Å². The highest BCUT2D eigenvalue weighted by molar-refractivity contribution is 5.67. The molecule has 5 nitrogen and oxygen atoms in total. The van der Waals surface area contributed by atoms with Crippen LogP contribution in [0.4, 0.5) is 5.82 Å². The number of anilines is 1. The van der Waals surface area contributed by atoms with Crippen LogP contribution >= 0.6 is 0 Å². The Morgan fingerprint density at radius 1 is 1.26 bits per heavy atom. The number of aryl methyl sites for hydroxylation is 1. The number of nitrogens with zero attached hydrogens (tertiary/aromatic N) is 3. The fourth-order valence-electron chi connectivity index (χ4n) is 4.80. The summed E-state index contributed by atoms with van der Waals surface area (Å²) < 4.78 is 0. The molecule has 0 radical (unpaired) electrons. The van der Waals surface area contributed by atoms with Crippen molar-refractivity contribution < 1.29 is 0 Å². The zero-order chi connectivity index (χ0) is 21.8. The summed E-state index contributed by atoms with van der Waals surface area (Å²) in [6.07, 6.45) is 4.28. The summed E-state index contributed by atoms with van der Waals surface area (Å²) in [5.41, 5.74) is 6.30. The van der Waals surface area contributed by atoms with Gasteiger partial charge in [-0.25, -0.2) is 4.98 Å². The minimum absolute atomic E-state index is 0.476. The molecule has 2 unspecified atom stereocenters. The maximum absolute atomic E-state index is 4.60. The first kappa shape index (κ1) is 21.8. The number of nitrogens with one attached hydrogen (secondary N) is 2. The predicted molar refractivity (Wildman–Crippen MR) is 130 cm³/mol. The predicted octanol–water partition coefficient (Wildman–Crippen LogP) is 3.76. The maximum Gasteiger partial charge on any atom is 0.126 e. The van der Waals surface area contributed by atoms with Crippen molar-refractivity contribution in [2.24, 2.45) is 5.92 Å². The molecule has 2 atom stereocenters. The van der Waals surface area contributed by atoms with Crippen LogP contribution in [0.5, 0.6) is 0 Å². The molecule has 0 bridgehead atoms. The van der Waals surface area contributed by atoms with E-state index < -0.39 is 0 Å². The molecule has 31 heavy (non-hydrogen) atoms. The van der Waals surface area contributed by atoms with Gasteiger partial charge in [0.15, 0.2) is 0 Å². The van der Waals surface area contributed by atoms with Crippen molar-refractivity contribution in [3.63, 3.8) is 0 Å². The lowest BCUT2D eigenvalue weighted by Gasteiger charge is -2.31. The lowest BCUT2D eigenvalue weighted by molar-refractivity contribution is 0.220. The molecule has 0 amide bonds. The van der Waals surface area contributed by atoms with Gasteiger partial charge >= 0.3 is 0 Å². The van der Waals surface area contributed by atoms with Crippen LogP contribution in [0.3, 0.4) is 0 Å². The second-order valence-corrected chi connectivity index (χ2v) is 9.50. The number of rotatable bonds is 8. The fourth-order valence-corrected chi connectivity index (χ4v) is 4.80. The van der Waals surface area contributed by atoms with E-state index in [0.29, 0.717) is 12.0 Å². The van der Waals surface area contributed by atoms with Gasteiger partial charge in [-0.2, -0.15) is 0 Å². The van der Waals surface area contributed by atoms with Crippen molar-refractivity contribution in [3.8, 4) is 0 Å². The topological polar surface area (TPSA) is 43.4 Å². The molecule has 0 saturated carbocycles. The van der Waals surface area contributed by atoms with Crippen LogP contribution in [0.1, 0.15) is 35.6 Å². The lowest BCUT2D eigenvalue weighted by Crippen LogP contribution is -2.36. The Morgan fingerprint density at radius 3 is 2.84 bits per heavy atom. The van der Waals surface area contributed by atoms with E-state index in [2.05, 4.69) is 83.2 Å². The molecule has 3 heterocycles. The zero-order valence-electron chi connectivity index (χ0n) is 19.3. The van der Waals surface area contributed by atoms with Gasteiger partial charge in [0.2, 0.25) is 0 Å². The molecule has 0 aliphatic carbocycles. The third-order valence-electron chi connectivity index (χ3n) is 6.62. The van der Waals surface area contributed by atoms with Gasteiger partial charge in [-0.1, -0.05) is 37.8 Å². The van der Waals surface area contributed by atoms with E-state index in [0.717, 1.165) is 68.3 Å². The van der Waals surface area contributed by atoms with E-state index >= 15 is 0 Å². The van der Waals surface area contributed by atoms with E-state index in [1.165, 1.54) is 17.5 Å². The summed E-state index contributed by atoms with van der Waals surface area (Å²) in [5.74, 6) is 1.50. The highest BCUT2D eigenvalue weighted by Gasteiger charge is 2.20. The smallest absolute Gasteiger partial charge is 0.126 e. The number of likely N-dealkylation sites (tertiary alicyclic amines) is 1. The first-order valence-electron chi connectivity index (χ1n) is 11.6. The Kier molecular flexibility index (Phi) is 6.93. The van der Waals surface area contributed by atoms with Crippen LogP contribution in [0.15, 0.2) is 43.1 Å². The zero-order valence-corrected chi connectivity index (χ0v) is 19.3. The first-order valence-corrected chi connectivity index (χ1v) is 11.6. The molecule has 1 fully saturated rings. The van der Waals surface area contributed by atoms with Crippen molar-refractivity contribution >= 4 is 11.5 Å². The summed E-state index contributed by atoms with van der Waals surface area (Å²) in [5, 5.41) is 7.18. The monoisotopic (exact) mass is 419 g/mol. The molecular weight excluding hydrogens is 382 g/mol. The van der Waals surface area contributed by atoms with Gasteiger partial charge in [-0.05, 0) is 62.0 Å². The van der Waals surface area contributed by atoms with Gasteiger partial charge in [-0.15, -0.1) is 0 Å². The minimum atomic E-state index is 0.476. The second kappa shape index (κ2) is 9.84. The molecule has 5 heteroatoms. The van der Waals surface area contributed by atoms with Crippen molar-refractivity contribution in [1.82, 2.24) is 20.1 Å². The molecule has 4 rings (SSSR count). The van der Waals surface area contributed by atoms with Crippen LogP contribution < -0.4 is 10.6 Å². The summed E-state index contributed by atoms with van der Waals surface area (Å²) in [6, 6.07) is 11.5. The summed E-state index contributed by atoms with van der Waals surface area (Å²) in [6.45, 7) is 15.2. The van der Waals surface area contributed by atoms with Crippen LogP contribution in [0.2, 0.25) is 0 Å². The van der Waals surface area contributed by atoms with Gasteiger partial charge in [-0.3, -0.25) is 4.90 Å². The Balaban J connectivity index is 1.28. The highest BCUT2D eigenvalue weighted by atomic mass is 15.2. The Morgan fingerprint density at radius 2 is 2.06 bits per heavy atom. The summed E-state index contributed by atoms with van der Waals surface area (Å²) in [4.78, 5) is 9.53. The number of hydrogen-bond donors (Lipinski definition) is 2.